The Kier molecular flexibility index (Phi) is 3.47. The molecule has 0 aliphatic rings. The molecule has 0 bridgehead atoms. The van der Waals surface area contributed by atoms with Crippen LogP contribution in [-0.2, 0) is 11.2 Å². The van der Waals surface area contributed by atoms with Crippen molar-refractivity contribution in [2.75, 3.05) is 19.5 Å². The zero-order valence-corrected chi connectivity index (χ0v) is 7.16. The summed E-state index contributed by atoms with van der Waals surface area (Å²) >= 11 is 0. The van der Waals surface area contributed by atoms with Gasteiger partial charge >= 0.3 is 0 Å². The highest BCUT2D eigenvalue weighted by Crippen LogP contribution is 1.98. The van der Waals surface area contributed by atoms with Gasteiger partial charge < -0.3 is 10.5 Å². The summed E-state index contributed by atoms with van der Waals surface area (Å²) in [4.78, 5) is 8.12. The summed E-state index contributed by atoms with van der Waals surface area (Å²) in [5, 5.41) is 0. The minimum absolute atomic E-state index is 0.602. The molecule has 0 saturated heterocycles. The summed E-state index contributed by atoms with van der Waals surface area (Å²) in [5.41, 5.74) is 6.03. The average molecular weight is 167 g/mol. The zero-order valence-electron chi connectivity index (χ0n) is 7.16. The van der Waals surface area contributed by atoms with Gasteiger partial charge in [0.25, 0.3) is 0 Å². The fraction of sp³-hybridized carbons (Fsp3) is 0.500. The Bertz CT molecular complexity index is 222. The Balaban J connectivity index is 2.37. The van der Waals surface area contributed by atoms with Crippen LogP contribution in [-0.4, -0.2) is 23.7 Å². The van der Waals surface area contributed by atoms with Crippen LogP contribution in [0.3, 0.4) is 0 Å². The van der Waals surface area contributed by atoms with E-state index >= 15 is 0 Å². The molecule has 1 rings (SSSR count). The second-order valence-corrected chi connectivity index (χ2v) is 2.53. The van der Waals surface area contributed by atoms with Crippen molar-refractivity contribution in [2.24, 2.45) is 0 Å². The molecular weight excluding hydrogens is 154 g/mol. The topological polar surface area (TPSA) is 61.0 Å². The SMILES string of the molecule is COCCCc1ncc(N)cn1. The number of hydrogen-bond acceptors (Lipinski definition) is 4. The van der Waals surface area contributed by atoms with Gasteiger partial charge in [-0.15, -0.1) is 0 Å². The number of nitrogens with two attached hydrogens (primary N) is 1. The fourth-order valence-electron chi connectivity index (χ4n) is 0.868. The number of ether oxygens (including phenoxy) is 1. The van der Waals surface area contributed by atoms with E-state index in [9.17, 15) is 0 Å². The Labute approximate surface area is 71.8 Å². The predicted molar refractivity (Wildman–Crippen MR) is 46.6 cm³/mol. The Morgan fingerprint density at radius 2 is 2.08 bits per heavy atom. The van der Waals surface area contributed by atoms with Crippen LogP contribution < -0.4 is 5.73 Å². The van der Waals surface area contributed by atoms with Crippen LogP contribution in [0.5, 0.6) is 0 Å². The van der Waals surface area contributed by atoms with E-state index in [1.165, 1.54) is 0 Å². The highest BCUT2D eigenvalue weighted by atomic mass is 16.5. The summed E-state index contributed by atoms with van der Waals surface area (Å²) in [6.45, 7) is 0.744. The van der Waals surface area contributed by atoms with Crippen LogP contribution in [0.1, 0.15) is 12.2 Å². The number of anilines is 1. The maximum Gasteiger partial charge on any atom is 0.128 e. The summed E-state index contributed by atoms with van der Waals surface area (Å²) in [7, 11) is 1.68. The van der Waals surface area contributed by atoms with Gasteiger partial charge in [0, 0.05) is 20.1 Å². The monoisotopic (exact) mass is 167 g/mol. The highest BCUT2D eigenvalue weighted by molar-refractivity contribution is 5.30. The van der Waals surface area contributed by atoms with E-state index in [-0.39, 0.29) is 0 Å². The maximum absolute atomic E-state index is 5.43. The van der Waals surface area contributed by atoms with Gasteiger partial charge in [0.05, 0.1) is 18.1 Å². The molecule has 0 saturated carbocycles. The van der Waals surface area contributed by atoms with E-state index in [2.05, 4.69) is 9.97 Å². The Hall–Kier alpha value is -1.16. The molecule has 1 heterocycles. The first-order valence-corrected chi connectivity index (χ1v) is 3.88. The van der Waals surface area contributed by atoms with Gasteiger partial charge in [-0.3, -0.25) is 0 Å². The summed E-state index contributed by atoms with van der Waals surface area (Å²) in [6.07, 6.45) is 5.03. The van der Waals surface area contributed by atoms with E-state index < -0.39 is 0 Å². The van der Waals surface area contributed by atoms with Gasteiger partial charge in [-0.2, -0.15) is 0 Å². The second kappa shape index (κ2) is 4.66. The molecule has 0 fully saturated rings. The lowest BCUT2D eigenvalue weighted by atomic mass is 10.3. The molecule has 2 N–H and O–H groups in total. The van der Waals surface area contributed by atoms with Crippen molar-refractivity contribution in [2.45, 2.75) is 12.8 Å². The number of rotatable bonds is 4. The van der Waals surface area contributed by atoms with Crippen molar-refractivity contribution in [3.05, 3.63) is 18.2 Å². The number of aryl methyl sites for hydroxylation is 1. The van der Waals surface area contributed by atoms with Crippen LogP contribution in [0.15, 0.2) is 12.4 Å². The van der Waals surface area contributed by atoms with Crippen LogP contribution in [0.2, 0.25) is 0 Å². The molecule has 4 heteroatoms. The molecule has 1 aromatic heterocycles. The summed E-state index contributed by atoms with van der Waals surface area (Å²) in [5.74, 6) is 0.821. The Morgan fingerprint density at radius 1 is 1.42 bits per heavy atom. The number of methoxy groups -OCH3 is 1. The highest BCUT2D eigenvalue weighted by Gasteiger charge is 1.94. The molecule has 0 unspecified atom stereocenters. The summed E-state index contributed by atoms with van der Waals surface area (Å²) in [6, 6.07) is 0. The lowest BCUT2D eigenvalue weighted by Gasteiger charge is -1.98. The van der Waals surface area contributed by atoms with Crippen LogP contribution in [0.25, 0.3) is 0 Å². The van der Waals surface area contributed by atoms with E-state index in [4.69, 9.17) is 10.5 Å². The first kappa shape index (κ1) is 8.93. The normalized spacial score (nSPS) is 10.1. The van der Waals surface area contributed by atoms with Gasteiger partial charge in [-0.05, 0) is 6.42 Å². The molecular formula is C8H13N3O. The van der Waals surface area contributed by atoms with Gasteiger partial charge in [-0.1, -0.05) is 0 Å². The maximum atomic E-state index is 5.43. The standard InChI is InChI=1S/C8H13N3O/c1-12-4-2-3-8-10-5-7(9)6-11-8/h5-6H,2-4,9H2,1H3. The Morgan fingerprint density at radius 3 is 2.67 bits per heavy atom. The molecule has 0 radical (unpaired) electrons. The number of aromatic nitrogens is 2. The van der Waals surface area contributed by atoms with Gasteiger partial charge in [0.15, 0.2) is 0 Å². The second-order valence-electron chi connectivity index (χ2n) is 2.53. The third kappa shape index (κ3) is 2.84. The van der Waals surface area contributed by atoms with Crippen molar-refractivity contribution in [3.8, 4) is 0 Å². The van der Waals surface area contributed by atoms with Crippen molar-refractivity contribution in [1.82, 2.24) is 9.97 Å². The van der Waals surface area contributed by atoms with E-state index in [1.807, 2.05) is 0 Å². The molecule has 0 amide bonds. The van der Waals surface area contributed by atoms with E-state index in [1.54, 1.807) is 19.5 Å². The predicted octanol–water partition coefficient (Wildman–Crippen LogP) is 0.638. The molecule has 12 heavy (non-hydrogen) atoms. The molecule has 1 aromatic rings. The van der Waals surface area contributed by atoms with Crippen molar-refractivity contribution in [1.29, 1.82) is 0 Å². The van der Waals surface area contributed by atoms with Crippen LogP contribution in [0, 0.1) is 0 Å². The first-order valence-electron chi connectivity index (χ1n) is 3.88. The molecule has 0 aromatic carbocycles. The molecule has 66 valence electrons. The minimum atomic E-state index is 0.602. The molecule has 4 nitrogen and oxygen atoms in total. The van der Waals surface area contributed by atoms with Gasteiger partial charge in [0.1, 0.15) is 5.82 Å². The fourth-order valence-corrected chi connectivity index (χ4v) is 0.868. The van der Waals surface area contributed by atoms with E-state index in [0.29, 0.717) is 5.69 Å². The largest absolute Gasteiger partial charge is 0.396 e. The number of nitrogen functional groups attached to an aromatic ring is 1. The van der Waals surface area contributed by atoms with E-state index in [0.717, 1.165) is 25.3 Å². The third-order valence-corrected chi connectivity index (χ3v) is 1.47. The lowest BCUT2D eigenvalue weighted by molar-refractivity contribution is 0.194. The number of hydrogen-bond donors (Lipinski definition) is 1. The smallest absolute Gasteiger partial charge is 0.128 e. The quantitative estimate of drug-likeness (QED) is 0.668. The molecule has 0 atom stereocenters. The third-order valence-electron chi connectivity index (χ3n) is 1.47. The lowest BCUT2D eigenvalue weighted by Crippen LogP contribution is -1.99. The molecule has 0 aliphatic carbocycles. The van der Waals surface area contributed by atoms with Crippen molar-refractivity contribution < 1.29 is 4.74 Å². The van der Waals surface area contributed by atoms with Gasteiger partial charge in [0.2, 0.25) is 0 Å². The molecule has 0 aliphatic heterocycles. The van der Waals surface area contributed by atoms with Crippen LogP contribution in [0.4, 0.5) is 5.69 Å². The summed E-state index contributed by atoms with van der Waals surface area (Å²) < 4.78 is 4.91. The average Bonchev–Trinajstić information content (AvgIpc) is 2.09. The van der Waals surface area contributed by atoms with Crippen molar-refractivity contribution in [3.63, 3.8) is 0 Å². The molecule has 0 spiro atoms. The minimum Gasteiger partial charge on any atom is -0.396 e. The first-order chi connectivity index (χ1) is 5.83. The van der Waals surface area contributed by atoms with Crippen LogP contribution >= 0.6 is 0 Å². The van der Waals surface area contributed by atoms with Gasteiger partial charge in [-0.25, -0.2) is 9.97 Å². The van der Waals surface area contributed by atoms with Crippen molar-refractivity contribution >= 4 is 5.69 Å². The zero-order chi connectivity index (χ0) is 8.81. The number of nitrogens with zero attached hydrogens (tertiary/aromatic N) is 2.